The topological polar surface area (TPSA) is 38.5 Å². The zero-order valence-corrected chi connectivity index (χ0v) is 13.4. The van der Waals surface area contributed by atoms with Gasteiger partial charge in [-0.1, -0.05) is 25.0 Å². The number of hydrogen-bond donors (Lipinski definition) is 1. The maximum Gasteiger partial charge on any atom is 0.119 e. The first kappa shape index (κ1) is 14.5. The predicted octanol–water partition coefficient (Wildman–Crippen LogP) is 3.32. The monoisotopic (exact) mass is 300 g/mol. The van der Waals surface area contributed by atoms with Gasteiger partial charge in [0, 0.05) is 31.1 Å². The van der Waals surface area contributed by atoms with Gasteiger partial charge in [0.25, 0.3) is 0 Å². The molecule has 3 unspecified atom stereocenters. The summed E-state index contributed by atoms with van der Waals surface area (Å²) in [4.78, 5) is 2.83. The molecule has 0 amide bonds. The first-order valence-corrected chi connectivity index (χ1v) is 9.05. The van der Waals surface area contributed by atoms with Gasteiger partial charge in [-0.05, 0) is 49.8 Å². The highest BCUT2D eigenvalue weighted by molar-refractivity contribution is 5.27. The van der Waals surface area contributed by atoms with Gasteiger partial charge in [0.1, 0.15) is 11.9 Å². The maximum atomic E-state index is 6.33. The molecule has 1 aliphatic heterocycles. The lowest BCUT2D eigenvalue weighted by Gasteiger charge is -2.31. The van der Waals surface area contributed by atoms with Gasteiger partial charge < -0.3 is 10.5 Å². The molecule has 3 heteroatoms. The summed E-state index contributed by atoms with van der Waals surface area (Å²) in [5.74, 6) is 1.74. The molecule has 1 heterocycles. The fourth-order valence-corrected chi connectivity index (χ4v) is 4.84. The van der Waals surface area contributed by atoms with Crippen molar-refractivity contribution in [2.75, 3.05) is 6.54 Å². The normalized spacial score (nSPS) is 32.5. The molecule has 4 rings (SSSR count). The third-order valence-electron chi connectivity index (χ3n) is 6.04. The van der Waals surface area contributed by atoms with E-state index in [-0.39, 0.29) is 0 Å². The summed E-state index contributed by atoms with van der Waals surface area (Å²) < 4.78 is 6.33. The summed E-state index contributed by atoms with van der Waals surface area (Å²) in [6, 6.07) is 10.0. The van der Waals surface area contributed by atoms with Crippen molar-refractivity contribution < 1.29 is 4.74 Å². The number of likely N-dealkylation sites (tertiary alicyclic amines) is 1. The highest BCUT2D eigenvalue weighted by Crippen LogP contribution is 2.41. The largest absolute Gasteiger partial charge is 0.490 e. The molecule has 1 saturated heterocycles. The van der Waals surface area contributed by atoms with Crippen LogP contribution in [0.25, 0.3) is 0 Å². The zero-order chi connectivity index (χ0) is 14.9. The molecular weight excluding hydrogens is 272 g/mol. The van der Waals surface area contributed by atoms with Gasteiger partial charge in [0.15, 0.2) is 0 Å². The van der Waals surface area contributed by atoms with Crippen molar-refractivity contribution in [3.8, 4) is 5.75 Å². The van der Waals surface area contributed by atoms with E-state index in [4.69, 9.17) is 10.5 Å². The van der Waals surface area contributed by atoms with E-state index < -0.39 is 0 Å². The van der Waals surface area contributed by atoms with E-state index in [1.54, 1.807) is 0 Å². The minimum atomic E-state index is 0.409. The number of ether oxygens (including phenoxy) is 1. The number of rotatable bonds is 4. The Balaban J connectivity index is 1.39. The van der Waals surface area contributed by atoms with Crippen LogP contribution in [-0.2, 0) is 6.54 Å². The van der Waals surface area contributed by atoms with Crippen molar-refractivity contribution >= 4 is 0 Å². The summed E-state index contributed by atoms with van der Waals surface area (Å²) >= 11 is 0. The van der Waals surface area contributed by atoms with Gasteiger partial charge in [0.2, 0.25) is 0 Å². The number of nitrogens with two attached hydrogens (primary N) is 1. The van der Waals surface area contributed by atoms with E-state index in [0.717, 1.165) is 23.8 Å². The number of fused-ring (bicyclic) bond motifs is 2. The highest BCUT2D eigenvalue weighted by atomic mass is 16.5. The molecule has 0 aromatic heterocycles. The quantitative estimate of drug-likeness (QED) is 0.927. The molecule has 2 N–H and O–H groups in total. The third kappa shape index (κ3) is 2.77. The Kier molecular flexibility index (Phi) is 4.10. The van der Waals surface area contributed by atoms with Crippen LogP contribution in [0.1, 0.15) is 50.5 Å². The lowest BCUT2D eigenvalue weighted by molar-refractivity contribution is 0.112. The van der Waals surface area contributed by atoms with E-state index >= 15 is 0 Å². The second kappa shape index (κ2) is 6.21. The first-order chi connectivity index (χ1) is 10.8. The molecule has 2 saturated carbocycles. The van der Waals surface area contributed by atoms with Crippen LogP contribution >= 0.6 is 0 Å². The Bertz CT molecular complexity index is 495. The van der Waals surface area contributed by atoms with Crippen molar-refractivity contribution in [2.45, 2.75) is 69.7 Å². The smallest absolute Gasteiger partial charge is 0.119 e. The molecule has 3 fully saturated rings. The third-order valence-corrected chi connectivity index (χ3v) is 6.04. The summed E-state index contributed by atoms with van der Waals surface area (Å²) in [6.45, 7) is 1.87. The van der Waals surface area contributed by atoms with Crippen LogP contribution in [0.2, 0.25) is 0 Å². The first-order valence-electron chi connectivity index (χ1n) is 9.05. The Morgan fingerprint density at radius 2 is 1.77 bits per heavy atom. The standard InChI is InChI=1S/C19H28N2O/c20-12-14-5-8-18(9-6-14)22-19-10-7-17-11-15(19)13-21(17)16-3-1-2-4-16/h5-6,8-9,15-17,19H,1-4,7,10-13,20H2. The van der Waals surface area contributed by atoms with Crippen molar-refractivity contribution in [1.82, 2.24) is 4.90 Å². The minimum Gasteiger partial charge on any atom is -0.490 e. The zero-order valence-electron chi connectivity index (χ0n) is 13.4. The maximum absolute atomic E-state index is 6.33. The molecule has 1 aromatic carbocycles. The van der Waals surface area contributed by atoms with Crippen molar-refractivity contribution in [3.05, 3.63) is 29.8 Å². The molecule has 0 spiro atoms. The van der Waals surface area contributed by atoms with Gasteiger partial charge in [0.05, 0.1) is 0 Å². The number of hydrogen-bond acceptors (Lipinski definition) is 3. The Morgan fingerprint density at radius 3 is 2.50 bits per heavy atom. The van der Waals surface area contributed by atoms with Gasteiger partial charge in [-0.15, -0.1) is 0 Å². The van der Waals surface area contributed by atoms with E-state index in [9.17, 15) is 0 Å². The van der Waals surface area contributed by atoms with Crippen LogP contribution in [0.3, 0.4) is 0 Å². The summed E-state index contributed by atoms with van der Waals surface area (Å²) in [5.41, 5.74) is 6.83. The second-order valence-corrected chi connectivity index (χ2v) is 7.37. The molecule has 1 aromatic rings. The second-order valence-electron chi connectivity index (χ2n) is 7.37. The van der Waals surface area contributed by atoms with Gasteiger partial charge in [-0.2, -0.15) is 0 Å². The van der Waals surface area contributed by atoms with Crippen molar-refractivity contribution in [2.24, 2.45) is 11.7 Å². The number of nitrogens with zero attached hydrogens (tertiary/aromatic N) is 1. The lowest BCUT2D eigenvalue weighted by Crippen LogP contribution is -2.37. The van der Waals surface area contributed by atoms with Crippen LogP contribution in [0.15, 0.2) is 24.3 Å². The van der Waals surface area contributed by atoms with Crippen LogP contribution in [0.5, 0.6) is 5.75 Å². The fourth-order valence-electron chi connectivity index (χ4n) is 4.84. The summed E-state index contributed by atoms with van der Waals surface area (Å²) in [7, 11) is 0. The Morgan fingerprint density at radius 1 is 1.00 bits per heavy atom. The highest BCUT2D eigenvalue weighted by Gasteiger charge is 2.44. The molecule has 0 radical (unpaired) electrons. The predicted molar refractivity (Wildman–Crippen MR) is 88.8 cm³/mol. The van der Waals surface area contributed by atoms with Crippen molar-refractivity contribution in [1.29, 1.82) is 0 Å². The van der Waals surface area contributed by atoms with E-state index in [1.165, 1.54) is 57.1 Å². The summed E-state index contributed by atoms with van der Waals surface area (Å²) in [5, 5.41) is 0. The van der Waals surface area contributed by atoms with E-state index in [1.807, 2.05) is 0 Å². The Hall–Kier alpha value is -1.06. The molecule has 2 aliphatic carbocycles. The van der Waals surface area contributed by atoms with E-state index in [2.05, 4.69) is 29.2 Å². The van der Waals surface area contributed by atoms with Crippen LogP contribution in [-0.4, -0.2) is 29.6 Å². The average Bonchev–Trinajstić information content (AvgIpc) is 3.19. The fraction of sp³-hybridized carbons (Fsp3) is 0.684. The van der Waals surface area contributed by atoms with Crippen molar-refractivity contribution in [3.63, 3.8) is 0 Å². The molecular formula is C19H28N2O. The van der Waals surface area contributed by atoms with Gasteiger partial charge in [-0.3, -0.25) is 4.90 Å². The Labute approximate surface area is 133 Å². The van der Waals surface area contributed by atoms with Gasteiger partial charge in [-0.25, -0.2) is 0 Å². The lowest BCUT2D eigenvalue weighted by atomic mass is 9.87. The average molecular weight is 300 g/mol. The van der Waals surface area contributed by atoms with E-state index in [0.29, 0.717) is 12.6 Å². The van der Waals surface area contributed by atoms with Crippen LogP contribution < -0.4 is 10.5 Å². The minimum absolute atomic E-state index is 0.409. The molecule has 3 atom stereocenters. The molecule has 22 heavy (non-hydrogen) atoms. The van der Waals surface area contributed by atoms with Gasteiger partial charge >= 0.3 is 0 Å². The number of benzene rings is 1. The molecule has 2 bridgehead atoms. The molecule has 3 aliphatic rings. The molecule has 3 nitrogen and oxygen atoms in total. The molecule has 120 valence electrons. The SMILES string of the molecule is NCc1ccc(OC2CCC3CC2CN3C2CCCC2)cc1. The van der Waals surface area contributed by atoms with Crippen LogP contribution in [0, 0.1) is 5.92 Å². The summed E-state index contributed by atoms with van der Waals surface area (Å²) in [6.07, 6.45) is 10.0. The van der Waals surface area contributed by atoms with Crippen LogP contribution in [0.4, 0.5) is 0 Å².